The summed E-state index contributed by atoms with van der Waals surface area (Å²) >= 11 is 0. The van der Waals surface area contributed by atoms with Gasteiger partial charge in [-0.25, -0.2) is 24.3 Å². The lowest BCUT2D eigenvalue weighted by Gasteiger charge is -2.20. The molecule has 4 N–H and O–H groups in total. The van der Waals surface area contributed by atoms with Gasteiger partial charge in [0.05, 0.1) is 11.3 Å². The molecule has 3 aromatic rings. The Labute approximate surface area is 147 Å². The molecule has 3 heterocycles. The number of rotatable bonds is 3. The molecule has 1 aliphatic heterocycles. The minimum atomic E-state index is -0.620. The average Bonchev–Trinajstić information content (AvgIpc) is 3.14. The number of hydrogen-bond acceptors (Lipinski definition) is 7. The Morgan fingerprint density at radius 3 is 2.73 bits per heavy atom. The molecule has 26 heavy (non-hydrogen) atoms. The van der Waals surface area contributed by atoms with Crippen LogP contribution in [0.4, 0.5) is 20.3 Å². The average molecular weight is 353 g/mol. The summed E-state index contributed by atoms with van der Waals surface area (Å²) < 4.78 is 27.7. The highest BCUT2D eigenvalue weighted by Gasteiger charge is 2.26. The molecule has 7 nitrogen and oxygen atoms in total. The molecule has 0 unspecified atom stereocenters. The number of nitrogens with one attached hydrogen (secondary N) is 2. The molecule has 0 aliphatic carbocycles. The monoisotopic (exact) mass is 353 g/mol. The van der Waals surface area contributed by atoms with Gasteiger partial charge in [-0.1, -0.05) is 6.07 Å². The van der Waals surface area contributed by atoms with E-state index in [4.69, 9.17) is 5.73 Å². The number of aromatic nitrogens is 2. The number of hydrazine groups is 2. The normalized spacial score (nSPS) is 13.5. The number of hydrogen-bond donors (Lipinski definition) is 3. The number of nitrogen functional groups attached to an aromatic ring is 1. The van der Waals surface area contributed by atoms with Gasteiger partial charge in [-0.15, -0.1) is 10.6 Å². The second-order valence-corrected chi connectivity index (χ2v) is 5.49. The standard InChI is InChI=1S/C17H13F2N7/c18-12-3-4-14(19)15(7-12)26-17(23-24-25-26)13-6-11(9-22-16(13)20)10-2-1-5-21-8-10/h1-9,24-25H,(H2,20,22). The maximum atomic E-state index is 14.2. The van der Waals surface area contributed by atoms with Crippen LogP contribution in [0.25, 0.3) is 11.1 Å². The molecule has 130 valence electrons. The van der Waals surface area contributed by atoms with E-state index in [0.717, 1.165) is 29.3 Å². The second-order valence-electron chi connectivity index (χ2n) is 5.49. The summed E-state index contributed by atoms with van der Waals surface area (Å²) in [6, 6.07) is 8.57. The van der Waals surface area contributed by atoms with Crippen LogP contribution in [-0.2, 0) is 0 Å². The zero-order valence-corrected chi connectivity index (χ0v) is 13.3. The maximum absolute atomic E-state index is 14.2. The number of hydrazone groups is 1. The molecule has 2 aromatic heterocycles. The van der Waals surface area contributed by atoms with E-state index in [1.54, 1.807) is 30.7 Å². The van der Waals surface area contributed by atoms with Crippen LogP contribution in [0, 0.1) is 11.6 Å². The highest BCUT2D eigenvalue weighted by atomic mass is 19.1. The van der Waals surface area contributed by atoms with Gasteiger partial charge in [-0.05, 0) is 24.3 Å². The van der Waals surface area contributed by atoms with Crippen molar-refractivity contribution in [2.75, 3.05) is 10.7 Å². The molecular weight excluding hydrogens is 340 g/mol. The van der Waals surface area contributed by atoms with E-state index in [-0.39, 0.29) is 17.3 Å². The largest absolute Gasteiger partial charge is 0.383 e. The molecule has 0 saturated carbocycles. The first-order chi connectivity index (χ1) is 12.6. The first-order valence-electron chi connectivity index (χ1n) is 7.63. The lowest BCUT2D eigenvalue weighted by atomic mass is 10.1. The Morgan fingerprint density at radius 2 is 1.92 bits per heavy atom. The van der Waals surface area contributed by atoms with Gasteiger partial charge >= 0.3 is 0 Å². The first-order valence-corrected chi connectivity index (χ1v) is 7.63. The summed E-state index contributed by atoms with van der Waals surface area (Å²) in [4.78, 5) is 8.27. The predicted molar refractivity (Wildman–Crippen MR) is 93.5 cm³/mol. The van der Waals surface area contributed by atoms with Crippen molar-refractivity contribution in [2.45, 2.75) is 0 Å². The van der Waals surface area contributed by atoms with Gasteiger partial charge in [-0.2, -0.15) is 0 Å². The van der Waals surface area contributed by atoms with Crippen LogP contribution in [-0.4, -0.2) is 15.8 Å². The molecule has 0 fully saturated rings. The topological polar surface area (TPSA) is 91.5 Å². The summed E-state index contributed by atoms with van der Waals surface area (Å²) in [6.45, 7) is 0. The highest BCUT2D eigenvalue weighted by molar-refractivity contribution is 6.13. The summed E-state index contributed by atoms with van der Waals surface area (Å²) in [6.07, 6.45) is 4.96. The van der Waals surface area contributed by atoms with Crippen molar-refractivity contribution in [1.82, 2.24) is 21.0 Å². The summed E-state index contributed by atoms with van der Waals surface area (Å²) in [5.74, 6) is -0.746. The Bertz CT molecular complexity index is 992. The molecular formula is C17H13F2N7. The van der Waals surface area contributed by atoms with Gasteiger partial charge in [0.25, 0.3) is 0 Å². The van der Waals surface area contributed by atoms with Crippen LogP contribution in [0.5, 0.6) is 0 Å². The Hall–Kier alpha value is -3.59. The van der Waals surface area contributed by atoms with Gasteiger partial charge in [0.15, 0.2) is 5.84 Å². The predicted octanol–water partition coefficient (Wildman–Crippen LogP) is 2.20. The molecule has 0 amide bonds. The molecule has 0 spiro atoms. The minimum absolute atomic E-state index is 0.0417. The molecule has 0 atom stereocenters. The van der Waals surface area contributed by atoms with Crippen molar-refractivity contribution in [1.29, 1.82) is 0 Å². The highest BCUT2D eigenvalue weighted by Crippen LogP contribution is 2.26. The van der Waals surface area contributed by atoms with Crippen molar-refractivity contribution in [3.05, 3.63) is 72.2 Å². The van der Waals surface area contributed by atoms with Crippen LogP contribution >= 0.6 is 0 Å². The van der Waals surface area contributed by atoms with Crippen molar-refractivity contribution in [3.63, 3.8) is 0 Å². The third kappa shape index (κ3) is 2.80. The first kappa shape index (κ1) is 15.9. The van der Waals surface area contributed by atoms with E-state index in [2.05, 4.69) is 26.1 Å². The Kier molecular flexibility index (Phi) is 3.90. The van der Waals surface area contributed by atoms with Gasteiger partial charge in [0.2, 0.25) is 0 Å². The minimum Gasteiger partial charge on any atom is -0.383 e. The second kappa shape index (κ2) is 6.37. The number of nitrogens with zero attached hydrogens (tertiary/aromatic N) is 4. The molecule has 9 heteroatoms. The van der Waals surface area contributed by atoms with Crippen LogP contribution in [0.3, 0.4) is 0 Å². The summed E-state index contributed by atoms with van der Waals surface area (Å²) in [5, 5.41) is 5.35. The van der Waals surface area contributed by atoms with Gasteiger partial charge in [-0.3, -0.25) is 4.98 Å². The van der Waals surface area contributed by atoms with Crippen LogP contribution in [0.15, 0.2) is 60.1 Å². The summed E-state index contributed by atoms with van der Waals surface area (Å²) in [7, 11) is 0. The van der Waals surface area contributed by atoms with Crippen molar-refractivity contribution >= 4 is 17.3 Å². The van der Waals surface area contributed by atoms with Crippen molar-refractivity contribution in [2.24, 2.45) is 5.10 Å². The van der Waals surface area contributed by atoms with Gasteiger partial charge in [0, 0.05) is 35.8 Å². The third-order valence-electron chi connectivity index (χ3n) is 3.84. The number of anilines is 2. The number of halogens is 2. The fraction of sp³-hybridized carbons (Fsp3) is 0. The van der Waals surface area contributed by atoms with Gasteiger partial charge < -0.3 is 5.73 Å². The number of amidine groups is 1. The van der Waals surface area contributed by atoms with E-state index >= 15 is 0 Å². The lowest BCUT2D eigenvalue weighted by molar-refractivity contribution is 0.577. The number of nitrogens with two attached hydrogens (primary N) is 1. The Balaban J connectivity index is 1.78. The maximum Gasteiger partial charge on any atom is 0.181 e. The fourth-order valence-corrected chi connectivity index (χ4v) is 2.59. The quantitative estimate of drug-likeness (QED) is 0.669. The molecule has 0 saturated heterocycles. The third-order valence-corrected chi connectivity index (χ3v) is 3.84. The molecule has 0 radical (unpaired) electrons. The van der Waals surface area contributed by atoms with E-state index in [1.165, 1.54) is 5.01 Å². The smallest absolute Gasteiger partial charge is 0.181 e. The summed E-state index contributed by atoms with van der Waals surface area (Å²) in [5.41, 5.74) is 13.2. The SMILES string of the molecule is Nc1ncc(-c2cccnc2)cc1C1=NNNN1c1cc(F)ccc1F. The number of pyridine rings is 2. The van der Waals surface area contributed by atoms with Crippen molar-refractivity contribution < 1.29 is 8.78 Å². The molecule has 4 rings (SSSR count). The van der Waals surface area contributed by atoms with Crippen LogP contribution in [0.1, 0.15) is 5.56 Å². The van der Waals surface area contributed by atoms with Crippen molar-refractivity contribution in [3.8, 4) is 11.1 Å². The number of benzene rings is 1. The van der Waals surface area contributed by atoms with Crippen LogP contribution < -0.4 is 21.8 Å². The van der Waals surface area contributed by atoms with E-state index in [9.17, 15) is 8.78 Å². The van der Waals surface area contributed by atoms with Gasteiger partial charge in [0.1, 0.15) is 17.5 Å². The Morgan fingerprint density at radius 1 is 1.04 bits per heavy atom. The zero-order chi connectivity index (χ0) is 18.1. The molecule has 1 aromatic carbocycles. The fourth-order valence-electron chi connectivity index (χ4n) is 2.59. The van der Waals surface area contributed by atoms with Crippen LogP contribution in [0.2, 0.25) is 0 Å². The van der Waals surface area contributed by atoms with E-state index < -0.39 is 11.6 Å². The zero-order valence-electron chi connectivity index (χ0n) is 13.3. The van der Waals surface area contributed by atoms with E-state index in [1.807, 2.05) is 6.07 Å². The van der Waals surface area contributed by atoms with E-state index in [0.29, 0.717) is 5.56 Å². The lowest BCUT2D eigenvalue weighted by Crippen LogP contribution is -2.42. The molecule has 1 aliphatic rings. The molecule has 0 bridgehead atoms.